The van der Waals surface area contributed by atoms with Crippen molar-refractivity contribution in [2.45, 2.75) is 11.5 Å². The largest absolute Gasteiger partial charge is 0.465 e. The van der Waals surface area contributed by atoms with Gasteiger partial charge in [-0.1, -0.05) is 0 Å². The lowest BCUT2D eigenvalue weighted by molar-refractivity contribution is 0.0555. The summed E-state index contributed by atoms with van der Waals surface area (Å²) < 4.78 is 32.3. The van der Waals surface area contributed by atoms with E-state index in [-0.39, 0.29) is 22.6 Å². The minimum absolute atomic E-state index is 0.0187. The van der Waals surface area contributed by atoms with Crippen molar-refractivity contribution in [3.05, 3.63) is 34.4 Å². The Bertz CT molecular complexity index is 608. The monoisotopic (exact) mass is 284 g/mol. The van der Waals surface area contributed by atoms with Gasteiger partial charge < -0.3 is 9.47 Å². The molecule has 1 aliphatic rings. The molecule has 0 bridgehead atoms. The molecule has 1 aliphatic heterocycles. The van der Waals surface area contributed by atoms with E-state index in [1.165, 1.54) is 26.4 Å². The summed E-state index contributed by atoms with van der Waals surface area (Å²) in [7, 11) is -0.832. The normalized spacial score (nSPS) is 15.7. The molecule has 19 heavy (non-hydrogen) atoms. The molecule has 0 unspecified atom stereocenters. The molecule has 0 N–H and O–H groups in total. The van der Waals surface area contributed by atoms with Gasteiger partial charge in [-0.2, -0.15) is 0 Å². The molecular formula is C12H12O6S. The van der Waals surface area contributed by atoms with E-state index < -0.39 is 21.8 Å². The summed E-state index contributed by atoms with van der Waals surface area (Å²) in [5.41, 5.74) is 1.08. The number of methoxy groups -OCH3 is 2. The highest BCUT2D eigenvalue weighted by molar-refractivity contribution is 7.90. The van der Waals surface area contributed by atoms with Crippen LogP contribution in [0.25, 0.3) is 0 Å². The van der Waals surface area contributed by atoms with Gasteiger partial charge in [-0.05, 0) is 23.3 Å². The summed E-state index contributed by atoms with van der Waals surface area (Å²) in [5, 5.41) is 0. The van der Waals surface area contributed by atoms with Gasteiger partial charge in [-0.15, -0.1) is 0 Å². The molecule has 0 fully saturated rings. The minimum Gasteiger partial charge on any atom is -0.465 e. The maximum atomic E-state index is 11.6. The van der Waals surface area contributed by atoms with E-state index in [2.05, 4.69) is 9.47 Å². The number of ether oxygens (including phenoxy) is 2. The van der Waals surface area contributed by atoms with Crippen molar-refractivity contribution in [3.63, 3.8) is 0 Å². The zero-order valence-corrected chi connectivity index (χ0v) is 11.2. The van der Waals surface area contributed by atoms with E-state index in [1.807, 2.05) is 0 Å². The maximum absolute atomic E-state index is 11.6. The van der Waals surface area contributed by atoms with Crippen molar-refractivity contribution >= 4 is 21.8 Å². The van der Waals surface area contributed by atoms with Crippen LogP contribution in [0.15, 0.2) is 12.1 Å². The third-order valence-electron chi connectivity index (χ3n) is 2.90. The van der Waals surface area contributed by atoms with Gasteiger partial charge >= 0.3 is 11.9 Å². The molecule has 1 aromatic rings. The first-order valence-electron chi connectivity index (χ1n) is 5.41. The lowest BCUT2D eigenvalue weighted by Crippen LogP contribution is -2.12. The standard InChI is InChI=1S/C12H12O6S/c1-17-11(13)9-3-7-5-19(15,16)6-8(7)4-10(9)12(14)18-2/h3-4H,5-6H2,1-2H3. The summed E-state index contributed by atoms with van der Waals surface area (Å²) >= 11 is 0. The molecule has 1 heterocycles. The Balaban J connectivity index is 2.61. The van der Waals surface area contributed by atoms with Crippen LogP contribution in [-0.4, -0.2) is 34.6 Å². The highest BCUT2D eigenvalue weighted by Gasteiger charge is 2.29. The van der Waals surface area contributed by atoms with Gasteiger partial charge in [0.15, 0.2) is 9.84 Å². The van der Waals surface area contributed by atoms with Gasteiger partial charge in [0.25, 0.3) is 0 Å². The van der Waals surface area contributed by atoms with Gasteiger partial charge in [0, 0.05) is 0 Å². The van der Waals surface area contributed by atoms with Gasteiger partial charge in [0.2, 0.25) is 0 Å². The van der Waals surface area contributed by atoms with E-state index >= 15 is 0 Å². The molecule has 0 atom stereocenters. The maximum Gasteiger partial charge on any atom is 0.338 e. The Labute approximate surface area is 110 Å². The SMILES string of the molecule is COC(=O)c1cc2c(cc1C(=O)OC)CS(=O)(=O)C2. The summed E-state index contributed by atoms with van der Waals surface area (Å²) in [6, 6.07) is 2.77. The molecule has 0 aliphatic carbocycles. The van der Waals surface area contributed by atoms with Crippen LogP contribution >= 0.6 is 0 Å². The van der Waals surface area contributed by atoms with Crippen molar-refractivity contribution in [1.82, 2.24) is 0 Å². The zero-order chi connectivity index (χ0) is 14.2. The summed E-state index contributed by atoms with van der Waals surface area (Å²) in [6.07, 6.45) is 0. The van der Waals surface area contributed by atoms with Crippen LogP contribution in [-0.2, 0) is 30.8 Å². The number of carbonyl (C=O) groups is 2. The van der Waals surface area contributed by atoms with Gasteiger partial charge in [-0.3, -0.25) is 0 Å². The van der Waals surface area contributed by atoms with Gasteiger partial charge in [0.05, 0.1) is 36.9 Å². The topological polar surface area (TPSA) is 86.7 Å². The van der Waals surface area contributed by atoms with Crippen LogP contribution in [0, 0.1) is 0 Å². The quantitative estimate of drug-likeness (QED) is 0.742. The third-order valence-corrected chi connectivity index (χ3v) is 4.40. The number of esters is 2. The average molecular weight is 284 g/mol. The van der Waals surface area contributed by atoms with E-state index in [4.69, 9.17) is 0 Å². The highest BCUT2D eigenvalue weighted by atomic mass is 32.2. The first-order chi connectivity index (χ1) is 8.88. The fourth-order valence-electron chi connectivity index (χ4n) is 2.04. The third kappa shape index (κ3) is 2.46. The molecule has 0 saturated carbocycles. The summed E-state index contributed by atoms with van der Waals surface area (Å²) in [5.74, 6) is -1.67. The smallest absolute Gasteiger partial charge is 0.338 e. The second kappa shape index (κ2) is 4.65. The van der Waals surface area contributed by atoms with Crippen LogP contribution in [0.3, 0.4) is 0 Å². The van der Waals surface area contributed by atoms with Crippen molar-refractivity contribution in [2.24, 2.45) is 0 Å². The van der Waals surface area contributed by atoms with Gasteiger partial charge in [-0.25, -0.2) is 18.0 Å². The van der Waals surface area contributed by atoms with Crippen molar-refractivity contribution < 1.29 is 27.5 Å². The van der Waals surface area contributed by atoms with E-state index in [9.17, 15) is 18.0 Å². The Morgan fingerprint density at radius 1 is 0.947 bits per heavy atom. The molecule has 1 aromatic carbocycles. The highest BCUT2D eigenvalue weighted by Crippen LogP contribution is 2.28. The van der Waals surface area contributed by atoms with Crippen LogP contribution in [0.5, 0.6) is 0 Å². The molecule has 0 spiro atoms. The Kier molecular flexibility index (Phi) is 3.32. The van der Waals surface area contributed by atoms with E-state index in [1.54, 1.807) is 0 Å². The lowest BCUT2D eigenvalue weighted by atomic mass is 10.00. The Morgan fingerprint density at radius 3 is 1.63 bits per heavy atom. The Morgan fingerprint density at radius 2 is 1.32 bits per heavy atom. The molecular weight excluding hydrogens is 272 g/mol. The molecule has 0 aromatic heterocycles. The average Bonchev–Trinajstić information content (AvgIpc) is 2.68. The second-order valence-corrected chi connectivity index (χ2v) is 6.25. The number of hydrogen-bond acceptors (Lipinski definition) is 6. The molecule has 2 rings (SSSR count). The molecule has 0 saturated heterocycles. The van der Waals surface area contributed by atoms with E-state index in [0.29, 0.717) is 11.1 Å². The number of sulfone groups is 1. The molecule has 0 amide bonds. The lowest BCUT2D eigenvalue weighted by Gasteiger charge is -2.08. The molecule has 7 heteroatoms. The zero-order valence-electron chi connectivity index (χ0n) is 10.4. The first-order valence-corrected chi connectivity index (χ1v) is 7.23. The summed E-state index contributed by atoms with van der Waals surface area (Å²) in [6.45, 7) is 0. The fraction of sp³-hybridized carbons (Fsp3) is 0.333. The first kappa shape index (κ1) is 13.5. The predicted octanol–water partition coefficient (Wildman–Crippen LogP) is 0.688. The molecule has 102 valence electrons. The van der Waals surface area contributed by atoms with Crippen molar-refractivity contribution in [3.8, 4) is 0 Å². The van der Waals surface area contributed by atoms with E-state index in [0.717, 1.165) is 0 Å². The molecule has 0 radical (unpaired) electrons. The summed E-state index contributed by atoms with van der Waals surface area (Å²) in [4.78, 5) is 23.3. The Hall–Kier alpha value is -1.89. The van der Waals surface area contributed by atoms with Crippen LogP contribution in [0.2, 0.25) is 0 Å². The van der Waals surface area contributed by atoms with Crippen LogP contribution in [0.4, 0.5) is 0 Å². The number of hydrogen-bond donors (Lipinski definition) is 0. The minimum atomic E-state index is -3.21. The van der Waals surface area contributed by atoms with Crippen molar-refractivity contribution in [1.29, 1.82) is 0 Å². The number of carbonyl (C=O) groups excluding carboxylic acids is 2. The van der Waals surface area contributed by atoms with Gasteiger partial charge in [0.1, 0.15) is 0 Å². The number of benzene rings is 1. The fourth-order valence-corrected chi connectivity index (χ4v) is 3.63. The second-order valence-electron chi connectivity index (χ2n) is 4.18. The molecule has 6 nitrogen and oxygen atoms in total. The van der Waals surface area contributed by atoms with Crippen LogP contribution < -0.4 is 0 Å². The van der Waals surface area contributed by atoms with Crippen molar-refractivity contribution in [2.75, 3.05) is 14.2 Å². The predicted molar refractivity (Wildman–Crippen MR) is 65.4 cm³/mol. The number of rotatable bonds is 2. The van der Waals surface area contributed by atoms with Crippen LogP contribution in [0.1, 0.15) is 31.8 Å². The number of fused-ring (bicyclic) bond motifs is 1.